The van der Waals surface area contributed by atoms with Gasteiger partial charge in [0.05, 0.1) is 23.9 Å². The van der Waals surface area contributed by atoms with Gasteiger partial charge in [0.15, 0.2) is 0 Å². The Morgan fingerprint density at radius 2 is 2.05 bits per heavy atom. The normalized spacial score (nSPS) is 14.1. The predicted molar refractivity (Wildman–Crippen MR) is 68.3 cm³/mol. The van der Waals surface area contributed by atoms with Crippen molar-refractivity contribution in [1.82, 2.24) is 14.7 Å². The van der Waals surface area contributed by atoms with Crippen LogP contribution in [0.4, 0.5) is 5.69 Å². The number of hydrogen-bond acceptors (Lipinski definition) is 4. The van der Waals surface area contributed by atoms with E-state index in [9.17, 15) is 9.59 Å². The molecule has 0 saturated carbocycles. The zero-order valence-electron chi connectivity index (χ0n) is 10.3. The van der Waals surface area contributed by atoms with Crippen LogP contribution >= 0.6 is 0 Å². The summed E-state index contributed by atoms with van der Waals surface area (Å²) in [6, 6.07) is 4.92. The molecule has 0 bridgehead atoms. The van der Waals surface area contributed by atoms with Crippen molar-refractivity contribution in [2.45, 2.75) is 6.54 Å². The standard InChI is InChI=1S/C13H12N4O2/c1-16-6-8(5-15-16)7-17-12(18)9-3-2-4-10(14)11(9)13(17)19/h2-6H,7,14H2,1H3. The summed E-state index contributed by atoms with van der Waals surface area (Å²) in [5.74, 6) is -0.655. The minimum atomic E-state index is -0.345. The fourth-order valence-electron chi connectivity index (χ4n) is 2.24. The van der Waals surface area contributed by atoms with Gasteiger partial charge < -0.3 is 5.73 Å². The summed E-state index contributed by atoms with van der Waals surface area (Å²) >= 11 is 0. The number of rotatable bonds is 2. The van der Waals surface area contributed by atoms with Crippen LogP contribution in [0.25, 0.3) is 0 Å². The first-order chi connectivity index (χ1) is 9.08. The molecule has 0 saturated heterocycles. The van der Waals surface area contributed by atoms with E-state index in [0.29, 0.717) is 16.8 Å². The summed E-state index contributed by atoms with van der Waals surface area (Å²) in [7, 11) is 1.78. The van der Waals surface area contributed by atoms with E-state index in [0.717, 1.165) is 5.56 Å². The third kappa shape index (κ3) is 1.69. The lowest BCUT2D eigenvalue weighted by Crippen LogP contribution is -2.29. The molecule has 3 rings (SSSR count). The number of carbonyl (C=O) groups is 2. The Balaban J connectivity index is 1.97. The van der Waals surface area contributed by atoms with Gasteiger partial charge in [-0.2, -0.15) is 5.10 Å². The molecule has 19 heavy (non-hydrogen) atoms. The van der Waals surface area contributed by atoms with Crippen molar-refractivity contribution in [2.24, 2.45) is 7.05 Å². The quantitative estimate of drug-likeness (QED) is 0.636. The summed E-state index contributed by atoms with van der Waals surface area (Å²) in [6.07, 6.45) is 3.40. The van der Waals surface area contributed by atoms with Crippen LogP contribution in [0.3, 0.4) is 0 Å². The van der Waals surface area contributed by atoms with Crippen LogP contribution in [-0.2, 0) is 13.6 Å². The Bertz CT molecular complexity index is 690. The van der Waals surface area contributed by atoms with Crippen molar-refractivity contribution in [1.29, 1.82) is 0 Å². The minimum Gasteiger partial charge on any atom is -0.398 e. The molecule has 0 atom stereocenters. The zero-order chi connectivity index (χ0) is 13.6. The summed E-state index contributed by atoms with van der Waals surface area (Å²) in [5, 5.41) is 4.02. The van der Waals surface area contributed by atoms with Crippen molar-refractivity contribution in [3.63, 3.8) is 0 Å². The number of carbonyl (C=O) groups excluding carboxylic acids is 2. The van der Waals surface area contributed by atoms with Crippen LogP contribution in [0.15, 0.2) is 30.6 Å². The molecule has 96 valence electrons. The highest BCUT2D eigenvalue weighted by molar-refractivity contribution is 6.23. The van der Waals surface area contributed by atoms with Crippen molar-refractivity contribution >= 4 is 17.5 Å². The highest BCUT2D eigenvalue weighted by atomic mass is 16.2. The molecule has 2 heterocycles. The van der Waals surface area contributed by atoms with Gasteiger partial charge in [-0.15, -0.1) is 0 Å². The molecule has 1 aliphatic heterocycles. The van der Waals surface area contributed by atoms with E-state index in [1.165, 1.54) is 4.90 Å². The summed E-state index contributed by atoms with van der Waals surface area (Å²) in [5.41, 5.74) is 7.58. The summed E-state index contributed by atoms with van der Waals surface area (Å²) in [4.78, 5) is 25.6. The molecule has 0 unspecified atom stereocenters. The number of nitrogen functional groups attached to an aromatic ring is 1. The summed E-state index contributed by atoms with van der Waals surface area (Å²) < 4.78 is 1.63. The topological polar surface area (TPSA) is 81.2 Å². The number of hydrogen-bond donors (Lipinski definition) is 1. The highest BCUT2D eigenvalue weighted by Gasteiger charge is 2.36. The Morgan fingerprint density at radius 1 is 1.26 bits per heavy atom. The monoisotopic (exact) mass is 256 g/mol. The summed E-state index contributed by atoms with van der Waals surface area (Å²) in [6.45, 7) is 0.208. The fraction of sp³-hybridized carbons (Fsp3) is 0.154. The van der Waals surface area contributed by atoms with E-state index < -0.39 is 0 Å². The van der Waals surface area contributed by atoms with Gasteiger partial charge in [0.1, 0.15) is 0 Å². The number of aryl methyl sites for hydroxylation is 1. The zero-order valence-corrected chi connectivity index (χ0v) is 10.3. The number of nitrogens with two attached hydrogens (primary N) is 1. The van der Waals surface area contributed by atoms with Gasteiger partial charge >= 0.3 is 0 Å². The molecule has 0 radical (unpaired) electrons. The molecular weight excluding hydrogens is 244 g/mol. The molecule has 2 aromatic rings. The van der Waals surface area contributed by atoms with Gasteiger partial charge in [0.2, 0.25) is 0 Å². The van der Waals surface area contributed by atoms with Crippen molar-refractivity contribution in [3.05, 3.63) is 47.3 Å². The van der Waals surface area contributed by atoms with Crippen LogP contribution in [0, 0.1) is 0 Å². The maximum atomic E-state index is 12.2. The molecule has 1 aliphatic rings. The second-order valence-electron chi connectivity index (χ2n) is 4.49. The van der Waals surface area contributed by atoms with E-state index >= 15 is 0 Å². The molecular formula is C13H12N4O2. The molecule has 2 N–H and O–H groups in total. The SMILES string of the molecule is Cn1cc(CN2C(=O)c3cccc(N)c3C2=O)cn1. The predicted octanol–water partition coefficient (Wildman–Crippen LogP) is 0.799. The Kier molecular flexibility index (Phi) is 2.38. The Morgan fingerprint density at radius 3 is 2.68 bits per heavy atom. The van der Waals surface area contributed by atoms with Gasteiger partial charge in [-0.3, -0.25) is 19.2 Å². The molecule has 6 heteroatoms. The largest absolute Gasteiger partial charge is 0.398 e. The second-order valence-corrected chi connectivity index (χ2v) is 4.49. The Hall–Kier alpha value is -2.63. The molecule has 1 aromatic carbocycles. The fourth-order valence-corrected chi connectivity index (χ4v) is 2.24. The number of nitrogens with zero attached hydrogens (tertiary/aromatic N) is 3. The third-order valence-electron chi connectivity index (χ3n) is 3.13. The van der Waals surface area contributed by atoms with E-state index in [-0.39, 0.29) is 18.4 Å². The lowest BCUT2D eigenvalue weighted by Gasteiger charge is -2.12. The second kappa shape index (κ2) is 3.94. The average molecular weight is 256 g/mol. The van der Waals surface area contributed by atoms with Gasteiger partial charge in [-0.1, -0.05) is 6.07 Å². The van der Waals surface area contributed by atoms with Gasteiger partial charge in [-0.25, -0.2) is 0 Å². The van der Waals surface area contributed by atoms with Crippen LogP contribution in [0.1, 0.15) is 26.3 Å². The maximum absolute atomic E-state index is 12.2. The number of amides is 2. The van der Waals surface area contributed by atoms with E-state index in [1.807, 2.05) is 0 Å². The smallest absolute Gasteiger partial charge is 0.263 e. The molecule has 0 aliphatic carbocycles. The maximum Gasteiger partial charge on any atom is 0.263 e. The first-order valence-corrected chi connectivity index (χ1v) is 5.80. The third-order valence-corrected chi connectivity index (χ3v) is 3.13. The van der Waals surface area contributed by atoms with Gasteiger partial charge in [-0.05, 0) is 12.1 Å². The van der Waals surface area contributed by atoms with Crippen molar-refractivity contribution in [2.75, 3.05) is 5.73 Å². The lowest BCUT2D eigenvalue weighted by atomic mass is 10.1. The first-order valence-electron chi connectivity index (χ1n) is 5.80. The number of aromatic nitrogens is 2. The molecule has 6 nitrogen and oxygen atoms in total. The van der Waals surface area contributed by atoms with Crippen molar-refractivity contribution < 1.29 is 9.59 Å². The Labute approximate surface area is 109 Å². The minimum absolute atomic E-state index is 0.208. The van der Waals surface area contributed by atoms with Crippen LogP contribution in [0.5, 0.6) is 0 Å². The molecule has 2 amide bonds. The number of benzene rings is 1. The molecule has 1 aromatic heterocycles. The van der Waals surface area contributed by atoms with Crippen LogP contribution in [0.2, 0.25) is 0 Å². The van der Waals surface area contributed by atoms with Crippen LogP contribution < -0.4 is 5.73 Å². The average Bonchev–Trinajstić information content (AvgIpc) is 2.88. The lowest BCUT2D eigenvalue weighted by molar-refractivity contribution is 0.0642. The number of fused-ring (bicyclic) bond motifs is 1. The number of imide groups is 1. The van der Waals surface area contributed by atoms with E-state index in [4.69, 9.17) is 5.73 Å². The molecule has 0 spiro atoms. The van der Waals surface area contributed by atoms with Crippen LogP contribution in [-0.4, -0.2) is 26.5 Å². The van der Waals surface area contributed by atoms with E-state index in [1.54, 1.807) is 42.3 Å². The van der Waals surface area contributed by atoms with Gasteiger partial charge in [0, 0.05) is 24.5 Å². The first kappa shape index (κ1) is 11.5. The number of anilines is 1. The molecule has 0 fully saturated rings. The highest BCUT2D eigenvalue weighted by Crippen LogP contribution is 2.28. The van der Waals surface area contributed by atoms with Gasteiger partial charge in [0.25, 0.3) is 11.8 Å². The van der Waals surface area contributed by atoms with E-state index in [2.05, 4.69) is 5.10 Å². The van der Waals surface area contributed by atoms with Crippen molar-refractivity contribution in [3.8, 4) is 0 Å².